The summed E-state index contributed by atoms with van der Waals surface area (Å²) < 4.78 is 25.6. The van der Waals surface area contributed by atoms with Gasteiger partial charge in [-0.25, -0.2) is 4.39 Å². The van der Waals surface area contributed by atoms with Gasteiger partial charge in [-0.1, -0.05) is 66.2 Å². The molecule has 1 N–H and O–H groups in total. The number of hydrogen-bond donors (Lipinski definition) is 1. The molecule has 3 aromatic carbocycles. The van der Waals surface area contributed by atoms with E-state index in [-0.39, 0.29) is 17.5 Å². The van der Waals surface area contributed by atoms with Gasteiger partial charge < -0.3 is 14.6 Å². The largest absolute Gasteiger partial charge is 0.489 e. The second kappa shape index (κ2) is 13.4. The first-order valence-electron chi connectivity index (χ1n) is 11.9. The molecule has 184 valence electrons. The molecule has 1 unspecified atom stereocenters. The van der Waals surface area contributed by atoms with Gasteiger partial charge in [-0.15, -0.1) is 0 Å². The topological polar surface area (TPSA) is 55.8 Å². The van der Waals surface area contributed by atoms with E-state index in [2.05, 4.69) is 19.1 Å². The fraction of sp³-hybridized carbons (Fsp3) is 0.300. The lowest BCUT2D eigenvalue weighted by Gasteiger charge is -2.23. The molecular weight excluding hydrogens is 443 g/mol. The Morgan fingerprint density at radius 3 is 2.29 bits per heavy atom. The lowest BCUT2D eigenvalue weighted by atomic mass is 9.88. The van der Waals surface area contributed by atoms with Crippen molar-refractivity contribution in [3.8, 4) is 5.75 Å². The van der Waals surface area contributed by atoms with E-state index in [1.165, 1.54) is 17.7 Å². The third-order valence-corrected chi connectivity index (χ3v) is 5.96. The molecule has 0 amide bonds. The Labute approximate surface area is 207 Å². The molecule has 0 saturated carbocycles. The molecule has 3 aromatic rings. The van der Waals surface area contributed by atoms with Gasteiger partial charge in [0.05, 0.1) is 0 Å². The van der Waals surface area contributed by atoms with Gasteiger partial charge in [-0.05, 0) is 61.9 Å². The minimum absolute atomic E-state index is 0.000704. The first-order valence-corrected chi connectivity index (χ1v) is 11.9. The van der Waals surface area contributed by atoms with Crippen molar-refractivity contribution in [3.63, 3.8) is 0 Å². The van der Waals surface area contributed by atoms with Gasteiger partial charge in [0.25, 0.3) is 0 Å². The van der Waals surface area contributed by atoms with E-state index in [1.54, 1.807) is 6.07 Å². The Morgan fingerprint density at radius 2 is 1.66 bits per heavy atom. The quantitative estimate of drug-likeness (QED) is 0.379. The minimum Gasteiger partial charge on any atom is -0.489 e. The van der Waals surface area contributed by atoms with Crippen LogP contribution in [-0.2, 0) is 22.6 Å². The van der Waals surface area contributed by atoms with Crippen LogP contribution in [-0.4, -0.2) is 17.7 Å². The predicted octanol–water partition coefficient (Wildman–Crippen LogP) is 6.47. The Balaban J connectivity index is 0.000000420. The molecule has 5 heteroatoms. The maximum absolute atomic E-state index is 14.5. The molecule has 1 atom stereocenters. The molecule has 0 bridgehead atoms. The molecule has 4 rings (SSSR count). The minimum atomic E-state index is -0.466. The van der Waals surface area contributed by atoms with Gasteiger partial charge in [0.2, 0.25) is 0 Å². The molecular formula is C30H33FO4. The first kappa shape index (κ1) is 26.2. The molecule has 0 fully saturated rings. The Bertz CT molecular complexity index is 1110. The molecule has 0 aromatic heterocycles. The van der Waals surface area contributed by atoms with Crippen LogP contribution in [0.5, 0.6) is 5.75 Å². The average Bonchev–Trinajstić information content (AvgIpc) is 2.85. The zero-order valence-corrected chi connectivity index (χ0v) is 20.4. The van der Waals surface area contributed by atoms with Crippen LogP contribution >= 0.6 is 0 Å². The maximum Gasteiger partial charge on any atom is 0.185 e. The van der Waals surface area contributed by atoms with E-state index in [1.807, 2.05) is 55.5 Å². The number of allylic oxidation sites excluding steroid dienone is 2. The van der Waals surface area contributed by atoms with Crippen LogP contribution in [0.3, 0.4) is 0 Å². The Morgan fingerprint density at radius 1 is 0.971 bits per heavy atom. The number of ketones is 1. The molecule has 4 nitrogen and oxygen atoms in total. The van der Waals surface area contributed by atoms with Gasteiger partial charge >= 0.3 is 0 Å². The normalized spacial score (nSPS) is 15.0. The fourth-order valence-electron chi connectivity index (χ4n) is 3.97. The van der Waals surface area contributed by atoms with Crippen molar-refractivity contribution in [2.75, 3.05) is 6.79 Å². The molecule has 0 radical (unpaired) electrons. The van der Waals surface area contributed by atoms with Crippen molar-refractivity contribution in [1.82, 2.24) is 0 Å². The monoisotopic (exact) mass is 476 g/mol. The van der Waals surface area contributed by atoms with E-state index in [0.717, 1.165) is 11.1 Å². The molecule has 0 spiro atoms. The zero-order valence-electron chi connectivity index (χ0n) is 20.4. The van der Waals surface area contributed by atoms with Crippen molar-refractivity contribution in [3.05, 3.63) is 113 Å². The van der Waals surface area contributed by atoms with Crippen LogP contribution in [0.25, 0.3) is 0 Å². The smallest absolute Gasteiger partial charge is 0.185 e. The van der Waals surface area contributed by atoms with Gasteiger partial charge in [-0.2, -0.15) is 0 Å². The number of carbonyl (C=O) groups is 1. The van der Waals surface area contributed by atoms with Crippen LogP contribution in [0.1, 0.15) is 41.5 Å². The summed E-state index contributed by atoms with van der Waals surface area (Å²) in [5.41, 5.74) is 3.71. The summed E-state index contributed by atoms with van der Waals surface area (Å²) in [6.07, 6.45) is 3.68. The lowest BCUT2D eigenvalue weighted by Crippen LogP contribution is -2.17. The van der Waals surface area contributed by atoms with Crippen molar-refractivity contribution in [2.45, 2.75) is 46.1 Å². The Kier molecular flexibility index (Phi) is 10.1. The predicted molar refractivity (Wildman–Crippen MR) is 135 cm³/mol. The summed E-state index contributed by atoms with van der Waals surface area (Å²) in [5.74, 6) is 0.898. The Hall–Kier alpha value is -3.44. The molecule has 1 aliphatic carbocycles. The van der Waals surface area contributed by atoms with E-state index in [9.17, 15) is 9.18 Å². The summed E-state index contributed by atoms with van der Waals surface area (Å²) in [6.45, 7) is 3.87. The second-order valence-electron chi connectivity index (χ2n) is 8.70. The molecule has 35 heavy (non-hydrogen) atoms. The molecule has 0 aliphatic heterocycles. The highest BCUT2D eigenvalue weighted by Gasteiger charge is 2.23. The second-order valence-corrected chi connectivity index (χ2v) is 8.70. The highest BCUT2D eigenvalue weighted by Crippen LogP contribution is 2.30. The lowest BCUT2D eigenvalue weighted by molar-refractivity contribution is -0.116. The van der Waals surface area contributed by atoms with Crippen molar-refractivity contribution >= 4 is 5.78 Å². The van der Waals surface area contributed by atoms with Gasteiger partial charge in [-0.3, -0.25) is 4.79 Å². The van der Waals surface area contributed by atoms with Crippen molar-refractivity contribution in [1.29, 1.82) is 0 Å². The van der Waals surface area contributed by atoms with Crippen LogP contribution in [0.4, 0.5) is 4.39 Å². The van der Waals surface area contributed by atoms with E-state index in [4.69, 9.17) is 14.6 Å². The SMILES string of the molecule is Cc1cc(F)c(CCC2CCC(=O)C=C2OCO)cc1OCc1ccccc1.Cc1ccccc1. The van der Waals surface area contributed by atoms with Crippen LogP contribution < -0.4 is 4.74 Å². The summed E-state index contributed by atoms with van der Waals surface area (Å²) >= 11 is 0. The number of aliphatic hydroxyl groups excluding tert-OH is 1. The number of benzene rings is 3. The van der Waals surface area contributed by atoms with Gasteiger partial charge in [0.1, 0.15) is 23.9 Å². The summed E-state index contributed by atoms with van der Waals surface area (Å²) in [5, 5.41) is 9.02. The third kappa shape index (κ3) is 8.37. The molecule has 0 heterocycles. The van der Waals surface area contributed by atoms with Gasteiger partial charge in [0, 0.05) is 18.4 Å². The first-order chi connectivity index (χ1) is 17.0. The average molecular weight is 477 g/mol. The number of ether oxygens (including phenoxy) is 2. The molecule has 1 aliphatic rings. The number of aliphatic hydroxyl groups is 1. The maximum atomic E-state index is 14.5. The summed E-state index contributed by atoms with van der Waals surface area (Å²) in [4.78, 5) is 11.6. The van der Waals surface area contributed by atoms with Crippen LogP contribution in [0.15, 0.2) is 84.6 Å². The number of carbonyl (C=O) groups excluding carboxylic acids is 1. The van der Waals surface area contributed by atoms with Crippen LogP contribution in [0, 0.1) is 25.6 Å². The van der Waals surface area contributed by atoms with E-state index < -0.39 is 6.79 Å². The highest BCUT2D eigenvalue weighted by molar-refractivity contribution is 5.90. The van der Waals surface area contributed by atoms with Crippen molar-refractivity contribution in [2.24, 2.45) is 5.92 Å². The van der Waals surface area contributed by atoms with Crippen molar-refractivity contribution < 1.29 is 23.8 Å². The third-order valence-electron chi connectivity index (χ3n) is 5.96. The van der Waals surface area contributed by atoms with Gasteiger partial charge in [0.15, 0.2) is 12.6 Å². The summed E-state index contributed by atoms with van der Waals surface area (Å²) in [7, 11) is 0. The highest BCUT2D eigenvalue weighted by atomic mass is 19.1. The van der Waals surface area contributed by atoms with E-state index in [0.29, 0.717) is 49.4 Å². The number of aryl methyl sites for hydroxylation is 3. The molecule has 0 saturated heterocycles. The zero-order chi connectivity index (χ0) is 25.0. The fourth-order valence-corrected chi connectivity index (χ4v) is 3.97. The standard InChI is InChI=1S/C23H25FO4.C7H8/c1-16-11-21(24)19(12-22(16)27-14-17-5-3-2-4-6-17)8-7-18-9-10-20(26)13-23(18)28-15-25;1-7-5-3-2-4-6-7/h2-6,11-13,18,25H,7-10,14-15H2,1H3;2-6H,1H3. The van der Waals surface area contributed by atoms with Crippen LogP contribution in [0.2, 0.25) is 0 Å². The summed E-state index contributed by atoms with van der Waals surface area (Å²) in [6, 6.07) is 23.4. The number of rotatable bonds is 8. The van der Waals surface area contributed by atoms with E-state index >= 15 is 0 Å². The number of halogens is 1. The number of hydrogen-bond acceptors (Lipinski definition) is 4.